The van der Waals surface area contributed by atoms with Crippen molar-refractivity contribution in [3.8, 4) is 0 Å². The van der Waals surface area contributed by atoms with Crippen molar-refractivity contribution < 1.29 is 9.59 Å². The van der Waals surface area contributed by atoms with Crippen molar-refractivity contribution >= 4 is 23.6 Å². The van der Waals surface area contributed by atoms with Gasteiger partial charge in [-0.15, -0.1) is 11.8 Å². The molecule has 0 spiro atoms. The maximum atomic E-state index is 10.8. The van der Waals surface area contributed by atoms with Crippen LogP contribution >= 0.6 is 11.8 Å². The van der Waals surface area contributed by atoms with Crippen LogP contribution in [0.1, 0.15) is 13.3 Å². The predicted octanol–water partition coefficient (Wildman–Crippen LogP) is 0.155. The van der Waals surface area contributed by atoms with Crippen LogP contribution in [-0.4, -0.2) is 22.8 Å². The summed E-state index contributed by atoms with van der Waals surface area (Å²) in [5.41, 5.74) is 0. The molecule has 10 heavy (non-hydrogen) atoms. The van der Waals surface area contributed by atoms with Gasteiger partial charge in [-0.05, 0) is 5.75 Å². The van der Waals surface area contributed by atoms with Gasteiger partial charge >= 0.3 is 0 Å². The van der Waals surface area contributed by atoms with Crippen molar-refractivity contribution in [3.63, 3.8) is 0 Å². The third-order valence-electron chi connectivity index (χ3n) is 1.29. The standard InChI is InChI=1S/C6H9NO2S/c1-2-10-4-3-5(8)7-6(4)9/h4H,2-3H2,1H3,(H,7,8,9). The number of rotatable bonds is 2. The number of carbonyl (C=O) groups is 2. The van der Waals surface area contributed by atoms with Crippen molar-refractivity contribution in [2.24, 2.45) is 0 Å². The normalized spacial score (nSPS) is 25.1. The lowest BCUT2D eigenvalue weighted by atomic mass is 10.4. The first kappa shape index (κ1) is 7.60. The number of nitrogens with one attached hydrogen (secondary N) is 1. The molecule has 0 aromatic heterocycles. The van der Waals surface area contributed by atoms with E-state index in [1.165, 1.54) is 11.8 Å². The second kappa shape index (κ2) is 3.05. The summed E-state index contributed by atoms with van der Waals surface area (Å²) in [6.45, 7) is 1.97. The quantitative estimate of drug-likeness (QED) is 0.583. The van der Waals surface area contributed by atoms with Crippen LogP contribution in [0.15, 0.2) is 0 Å². The predicted molar refractivity (Wildman–Crippen MR) is 39.7 cm³/mol. The maximum absolute atomic E-state index is 10.8. The molecule has 1 rings (SSSR count). The third kappa shape index (κ3) is 1.50. The summed E-state index contributed by atoms with van der Waals surface area (Å²) >= 11 is 1.52. The van der Waals surface area contributed by atoms with Crippen molar-refractivity contribution in [1.29, 1.82) is 0 Å². The van der Waals surface area contributed by atoms with Crippen molar-refractivity contribution in [2.75, 3.05) is 5.75 Å². The zero-order valence-electron chi connectivity index (χ0n) is 5.72. The smallest absolute Gasteiger partial charge is 0.240 e. The van der Waals surface area contributed by atoms with E-state index < -0.39 is 0 Å². The zero-order chi connectivity index (χ0) is 7.56. The zero-order valence-corrected chi connectivity index (χ0v) is 6.53. The number of imide groups is 1. The largest absolute Gasteiger partial charge is 0.295 e. The number of thioether (sulfide) groups is 1. The van der Waals surface area contributed by atoms with Gasteiger partial charge < -0.3 is 0 Å². The molecule has 1 N–H and O–H groups in total. The highest BCUT2D eigenvalue weighted by Gasteiger charge is 2.29. The average Bonchev–Trinajstić information content (AvgIpc) is 2.13. The molecule has 4 heteroatoms. The van der Waals surface area contributed by atoms with Crippen LogP contribution in [-0.2, 0) is 9.59 Å². The molecule has 0 bridgehead atoms. The minimum absolute atomic E-state index is 0.127. The number of hydrogen-bond acceptors (Lipinski definition) is 3. The average molecular weight is 159 g/mol. The molecule has 0 aromatic rings. The number of carbonyl (C=O) groups excluding carboxylic acids is 2. The molecule has 1 atom stereocenters. The van der Waals surface area contributed by atoms with Crippen LogP contribution in [0.4, 0.5) is 0 Å². The Bertz CT molecular complexity index is 169. The lowest BCUT2D eigenvalue weighted by Gasteiger charge is -1.99. The van der Waals surface area contributed by atoms with Gasteiger partial charge in [-0.2, -0.15) is 0 Å². The second-order valence-electron chi connectivity index (χ2n) is 2.06. The van der Waals surface area contributed by atoms with E-state index >= 15 is 0 Å². The van der Waals surface area contributed by atoms with Crippen LogP contribution in [0.5, 0.6) is 0 Å². The molecule has 56 valence electrons. The molecule has 1 aliphatic heterocycles. The summed E-state index contributed by atoms with van der Waals surface area (Å²) in [5.74, 6) is 0.610. The van der Waals surface area contributed by atoms with Gasteiger partial charge in [-0.3, -0.25) is 14.9 Å². The van der Waals surface area contributed by atoms with Gasteiger partial charge in [0.1, 0.15) is 0 Å². The van der Waals surface area contributed by atoms with E-state index in [2.05, 4.69) is 5.32 Å². The summed E-state index contributed by atoms with van der Waals surface area (Å²) in [6.07, 6.45) is 0.358. The van der Waals surface area contributed by atoms with Crippen LogP contribution in [0.2, 0.25) is 0 Å². The van der Waals surface area contributed by atoms with Gasteiger partial charge in [0.2, 0.25) is 11.8 Å². The summed E-state index contributed by atoms with van der Waals surface area (Å²) in [4.78, 5) is 21.4. The molecular formula is C6H9NO2S. The first-order chi connectivity index (χ1) is 4.74. The summed E-state index contributed by atoms with van der Waals surface area (Å²) in [6, 6.07) is 0. The van der Waals surface area contributed by atoms with E-state index in [0.29, 0.717) is 6.42 Å². The van der Waals surface area contributed by atoms with Gasteiger partial charge in [0.15, 0.2) is 0 Å². The fraction of sp³-hybridized carbons (Fsp3) is 0.667. The first-order valence-electron chi connectivity index (χ1n) is 3.19. The van der Waals surface area contributed by atoms with Crippen LogP contribution < -0.4 is 5.32 Å². The van der Waals surface area contributed by atoms with E-state index in [1.54, 1.807) is 0 Å². The number of amides is 2. The second-order valence-corrected chi connectivity index (χ2v) is 3.54. The van der Waals surface area contributed by atoms with Crippen molar-refractivity contribution in [2.45, 2.75) is 18.6 Å². The van der Waals surface area contributed by atoms with Gasteiger partial charge in [-0.25, -0.2) is 0 Å². The Morgan fingerprint density at radius 1 is 1.70 bits per heavy atom. The highest BCUT2D eigenvalue weighted by molar-refractivity contribution is 8.00. The molecule has 0 aliphatic carbocycles. The molecule has 1 heterocycles. The van der Waals surface area contributed by atoms with Crippen LogP contribution in [0.25, 0.3) is 0 Å². The molecular weight excluding hydrogens is 150 g/mol. The Labute approximate surface area is 63.6 Å². The Hall–Kier alpha value is -0.510. The first-order valence-corrected chi connectivity index (χ1v) is 4.24. The van der Waals surface area contributed by atoms with Gasteiger partial charge in [0.05, 0.1) is 5.25 Å². The molecule has 1 unspecified atom stereocenters. The van der Waals surface area contributed by atoms with E-state index in [-0.39, 0.29) is 17.1 Å². The van der Waals surface area contributed by atoms with E-state index in [4.69, 9.17) is 0 Å². The van der Waals surface area contributed by atoms with Crippen LogP contribution in [0.3, 0.4) is 0 Å². The molecule has 1 fully saturated rings. The van der Waals surface area contributed by atoms with E-state index in [1.807, 2.05) is 6.92 Å². The van der Waals surface area contributed by atoms with Gasteiger partial charge in [0.25, 0.3) is 0 Å². The SMILES string of the molecule is CCSC1CC(=O)NC1=O. The van der Waals surface area contributed by atoms with E-state index in [9.17, 15) is 9.59 Å². The number of hydrogen-bond donors (Lipinski definition) is 1. The van der Waals surface area contributed by atoms with Gasteiger partial charge in [-0.1, -0.05) is 6.92 Å². The molecule has 1 saturated heterocycles. The van der Waals surface area contributed by atoms with Crippen molar-refractivity contribution in [1.82, 2.24) is 5.32 Å². The minimum atomic E-state index is -0.143. The van der Waals surface area contributed by atoms with E-state index in [0.717, 1.165) is 5.75 Å². The molecule has 0 saturated carbocycles. The fourth-order valence-electron chi connectivity index (χ4n) is 0.866. The van der Waals surface area contributed by atoms with Crippen LogP contribution in [0, 0.1) is 0 Å². The highest BCUT2D eigenvalue weighted by atomic mass is 32.2. The third-order valence-corrected chi connectivity index (χ3v) is 2.41. The highest BCUT2D eigenvalue weighted by Crippen LogP contribution is 2.18. The maximum Gasteiger partial charge on any atom is 0.240 e. The fourth-order valence-corrected chi connectivity index (χ4v) is 1.75. The summed E-state index contributed by atoms with van der Waals surface area (Å²) in [5, 5.41) is 2.13. The molecule has 0 radical (unpaired) electrons. The molecule has 2 amide bonds. The molecule has 0 aromatic carbocycles. The van der Waals surface area contributed by atoms with Crippen molar-refractivity contribution in [3.05, 3.63) is 0 Å². The Morgan fingerprint density at radius 2 is 2.40 bits per heavy atom. The Balaban J connectivity index is 2.46. The topological polar surface area (TPSA) is 46.2 Å². The van der Waals surface area contributed by atoms with Gasteiger partial charge in [0, 0.05) is 6.42 Å². The molecule has 1 aliphatic rings. The summed E-state index contributed by atoms with van der Waals surface area (Å²) in [7, 11) is 0. The Morgan fingerprint density at radius 3 is 2.80 bits per heavy atom. The summed E-state index contributed by atoms with van der Waals surface area (Å²) < 4.78 is 0. The lowest BCUT2D eigenvalue weighted by Crippen LogP contribution is -2.23. The lowest BCUT2D eigenvalue weighted by molar-refractivity contribution is -0.124. The monoisotopic (exact) mass is 159 g/mol. The minimum Gasteiger partial charge on any atom is -0.295 e. The molecule has 3 nitrogen and oxygen atoms in total. The Kier molecular flexibility index (Phi) is 2.32.